The molecule has 23 heavy (non-hydrogen) atoms. The van der Waals surface area contributed by atoms with Gasteiger partial charge in [0.2, 0.25) is 0 Å². The number of hydrogen-bond acceptors (Lipinski definition) is 2. The Hall–Kier alpha value is -1.54. The van der Waals surface area contributed by atoms with Crippen molar-refractivity contribution in [3.63, 3.8) is 0 Å². The van der Waals surface area contributed by atoms with Gasteiger partial charge >= 0.3 is 0 Å². The first kappa shape index (κ1) is 17.8. The molecule has 0 aliphatic heterocycles. The zero-order valence-corrected chi connectivity index (χ0v) is 14.6. The predicted molar refractivity (Wildman–Crippen MR) is 101 cm³/mol. The lowest BCUT2D eigenvalue weighted by Crippen LogP contribution is -2.32. The molecule has 0 heterocycles. The minimum atomic E-state index is 0.691. The van der Waals surface area contributed by atoms with Crippen molar-refractivity contribution in [2.75, 3.05) is 13.1 Å². The molecule has 2 rings (SSSR count). The molecule has 0 radical (unpaired) electrons. The van der Waals surface area contributed by atoms with Crippen molar-refractivity contribution in [2.45, 2.75) is 51.5 Å². The van der Waals surface area contributed by atoms with Gasteiger partial charge in [0.25, 0.3) is 0 Å². The van der Waals surface area contributed by atoms with Crippen LogP contribution in [-0.2, 0) is 0 Å². The van der Waals surface area contributed by atoms with Crippen LogP contribution in [0.2, 0.25) is 0 Å². The molecule has 0 saturated carbocycles. The van der Waals surface area contributed by atoms with Gasteiger partial charge in [-0.3, -0.25) is 0 Å². The second-order valence-electron chi connectivity index (χ2n) is 6.72. The second kappa shape index (κ2) is 10.3. The fourth-order valence-corrected chi connectivity index (χ4v) is 3.19. The van der Waals surface area contributed by atoms with Crippen LogP contribution >= 0.6 is 0 Å². The van der Waals surface area contributed by atoms with Crippen LogP contribution in [0.25, 0.3) is 0 Å². The summed E-state index contributed by atoms with van der Waals surface area (Å²) in [5, 5.41) is 7.26. The average Bonchev–Trinajstić information content (AvgIpc) is 2.60. The third kappa shape index (κ3) is 7.04. The zero-order valence-electron chi connectivity index (χ0n) is 14.6. The van der Waals surface area contributed by atoms with Gasteiger partial charge in [-0.1, -0.05) is 48.6 Å². The number of allylic oxidation sites excluding steroid dienone is 7. The van der Waals surface area contributed by atoms with E-state index >= 15 is 0 Å². The highest BCUT2D eigenvalue weighted by atomic mass is 14.9. The van der Waals surface area contributed by atoms with Gasteiger partial charge in [-0.25, -0.2) is 0 Å². The predicted octanol–water partition coefficient (Wildman–Crippen LogP) is 4.65. The lowest BCUT2D eigenvalue weighted by molar-refractivity contribution is 0.436. The van der Waals surface area contributed by atoms with Crippen molar-refractivity contribution in [1.82, 2.24) is 10.6 Å². The van der Waals surface area contributed by atoms with E-state index in [-0.39, 0.29) is 0 Å². The Bertz CT molecular complexity index is 482. The minimum Gasteiger partial charge on any atom is -0.388 e. The van der Waals surface area contributed by atoms with E-state index in [1.165, 1.54) is 44.2 Å². The summed E-state index contributed by atoms with van der Waals surface area (Å²) in [6.07, 6.45) is 22.5. The smallest absolute Gasteiger partial charge is 0.0175 e. The van der Waals surface area contributed by atoms with E-state index in [1.54, 1.807) is 11.6 Å². The molecule has 0 aromatic carbocycles. The van der Waals surface area contributed by atoms with E-state index in [4.69, 9.17) is 0 Å². The maximum atomic E-state index is 3.73. The summed E-state index contributed by atoms with van der Waals surface area (Å²) in [7, 11) is 0. The van der Waals surface area contributed by atoms with Crippen LogP contribution in [0, 0.1) is 5.92 Å². The van der Waals surface area contributed by atoms with E-state index in [1.807, 2.05) is 12.2 Å². The molecule has 0 saturated heterocycles. The topological polar surface area (TPSA) is 24.1 Å². The highest BCUT2D eigenvalue weighted by Crippen LogP contribution is 2.23. The number of hydrogen-bond donors (Lipinski definition) is 2. The van der Waals surface area contributed by atoms with Crippen LogP contribution in [-0.4, -0.2) is 19.1 Å². The summed E-state index contributed by atoms with van der Waals surface area (Å²) in [6, 6.07) is 0.691. The molecular weight excluding hydrogens is 280 g/mol. The minimum absolute atomic E-state index is 0.691. The molecule has 0 spiro atoms. The molecule has 2 atom stereocenters. The average molecular weight is 313 g/mol. The molecule has 0 fully saturated rings. The van der Waals surface area contributed by atoms with Gasteiger partial charge in [0.15, 0.2) is 0 Å². The Morgan fingerprint density at radius 1 is 1.26 bits per heavy atom. The third-order valence-corrected chi connectivity index (χ3v) is 4.76. The van der Waals surface area contributed by atoms with Crippen LogP contribution in [0.15, 0.2) is 60.4 Å². The highest BCUT2D eigenvalue weighted by Gasteiger charge is 2.15. The van der Waals surface area contributed by atoms with E-state index in [2.05, 4.69) is 48.4 Å². The molecule has 1 unspecified atom stereocenters. The van der Waals surface area contributed by atoms with Gasteiger partial charge in [-0.05, 0) is 57.4 Å². The fraction of sp³-hybridized carbons (Fsp3) is 0.524. The maximum absolute atomic E-state index is 3.73. The quantitative estimate of drug-likeness (QED) is 0.504. The molecule has 0 aromatic rings. The van der Waals surface area contributed by atoms with E-state index < -0.39 is 0 Å². The Labute approximate surface area is 142 Å². The SMILES string of the molecule is C=C/C=C\C=C(/C)NC[C@H]1CC=C(CNC2CC=CCC2)CC1. The first-order chi connectivity index (χ1) is 11.3. The van der Waals surface area contributed by atoms with E-state index in [0.29, 0.717) is 6.04 Å². The van der Waals surface area contributed by atoms with Crippen molar-refractivity contribution >= 4 is 0 Å². The lowest BCUT2D eigenvalue weighted by atomic mass is 9.89. The second-order valence-corrected chi connectivity index (χ2v) is 6.72. The monoisotopic (exact) mass is 312 g/mol. The van der Waals surface area contributed by atoms with Crippen molar-refractivity contribution in [2.24, 2.45) is 5.92 Å². The molecule has 2 N–H and O–H groups in total. The highest BCUT2D eigenvalue weighted by molar-refractivity contribution is 5.14. The summed E-state index contributed by atoms with van der Waals surface area (Å²) in [5.74, 6) is 0.767. The molecule has 2 nitrogen and oxygen atoms in total. The zero-order chi connectivity index (χ0) is 16.3. The Morgan fingerprint density at radius 2 is 2.17 bits per heavy atom. The first-order valence-corrected chi connectivity index (χ1v) is 9.04. The van der Waals surface area contributed by atoms with E-state index in [0.717, 1.165) is 19.0 Å². The summed E-state index contributed by atoms with van der Waals surface area (Å²) in [5.41, 5.74) is 2.84. The van der Waals surface area contributed by atoms with Crippen LogP contribution in [0.5, 0.6) is 0 Å². The van der Waals surface area contributed by atoms with Gasteiger partial charge < -0.3 is 10.6 Å². The van der Waals surface area contributed by atoms with Crippen LogP contribution < -0.4 is 10.6 Å². The van der Waals surface area contributed by atoms with Gasteiger partial charge in [0.1, 0.15) is 0 Å². The first-order valence-electron chi connectivity index (χ1n) is 9.04. The summed E-state index contributed by atoms with van der Waals surface area (Å²) < 4.78 is 0. The van der Waals surface area contributed by atoms with Crippen molar-refractivity contribution in [3.05, 3.63) is 60.4 Å². The van der Waals surface area contributed by atoms with Gasteiger partial charge in [-0.15, -0.1) is 0 Å². The number of nitrogens with one attached hydrogen (secondary N) is 2. The van der Waals surface area contributed by atoms with Crippen LogP contribution in [0.3, 0.4) is 0 Å². The summed E-state index contributed by atoms with van der Waals surface area (Å²) in [6.45, 7) is 7.97. The normalized spacial score (nSPS) is 25.4. The van der Waals surface area contributed by atoms with Gasteiger partial charge in [0.05, 0.1) is 0 Å². The van der Waals surface area contributed by atoms with Crippen molar-refractivity contribution in [1.29, 1.82) is 0 Å². The Morgan fingerprint density at radius 3 is 2.87 bits per heavy atom. The molecule has 2 heteroatoms. The molecule has 0 amide bonds. The largest absolute Gasteiger partial charge is 0.388 e. The standard InChI is InChI=1S/C21H32N2/c1-3-4-6-9-18(2)22-16-19-12-14-20(15-13-19)17-23-21-10-7-5-8-11-21/h3-7,9,14,19,21-23H,1,8,10-13,15-17H2,2H3/b6-4-,18-9+/t19-,21?/m0/s1. The maximum Gasteiger partial charge on any atom is 0.0175 e. The van der Waals surface area contributed by atoms with Crippen molar-refractivity contribution in [3.8, 4) is 0 Å². The lowest BCUT2D eigenvalue weighted by Gasteiger charge is -2.25. The molecular formula is C21H32N2. The third-order valence-electron chi connectivity index (χ3n) is 4.76. The number of rotatable bonds is 8. The molecule has 0 bridgehead atoms. The summed E-state index contributed by atoms with van der Waals surface area (Å²) >= 11 is 0. The Kier molecular flexibility index (Phi) is 7.96. The Balaban J connectivity index is 1.64. The fourth-order valence-electron chi connectivity index (χ4n) is 3.19. The van der Waals surface area contributed by atoms with E-state index in [9.17, 15) is 0 Å². The summed E-state index contributed by atoms with van der Waals surface area (Å²) in [4.78, 5) is 0. The van der Waals surface area contributed by atoms with Crippen LogP contribution in [0.1, 0.15) is 45.4 Å². The van der Waals surface area contributed by atoms with Gasteiger partial charge in [-0.2, -0.15) is 0 Å². The molecule has 2 aliphatic carbocycles. The molecule has 0 aromatic heterocycles. The molecule has 126 valence electrons. The molecule has 2 aliphatic rings. The van der Waals surface area contributed by atoms with Crippen LogP contribution in [0.4, 0.5) is 0 Å². The van der Waals surface area contributed by atoms with Crippen molar-refractivity contribution < 1.29 is 0 Å². The van der Waals surface area contributed by atoms with Gasteiger partial charge in [0, 0.05) is 24.8 Å².